The van der Waals surface area contributed by atoms with Gasteiger partial charge in [0.2, 0.25) is 0 Å². The largest absolute Gasteiger partial charge is 0.481 e. The zero-order chi connectivity index (χ0) is 12.3. The molecule has 0 bridgehead atoms. The van der Waals surface area contributed by atoms with Crippen LogP contribution in [0.15, 0.2) is 15.9 Å². The van der Waals surface area contributed by atoms with E-state index in [-0.39, 0.29) is 12.5 Å². The number of hydrogen-bond acceptors (Lipinski definition) is 3. The van der Waals surface area contributed by atoms with Crippen LogP contribution in [-0.2, 0) is 11.3 Å². The summed E-state index contributed by atoms with van der Waals surface area (Å²) >= 11 is 5.26. The highest BCUT2D eigenvalue weighted by molar-refractivity contribution is 9.10. The summed E-state index contributed by atoms with van der Waals surface area (Å²) in [6.07, 6.45) is 3.61. The number of likely N-dealkylation sites (tertiary alicyclic amines) is 1. The SMILES string of the molecule is O=C(O)CC1CCCCN1Cc1sccc1Br. The van der Waals surface area contributed by atoms with E-state index >= 15 is 0 Å². The molecule has 0 aromatic carbocycles. The Kier molecular flexibility index (Phi) is 4.59. The Morgan fingerprint density at radius 1 is 1.59 bits per heavy atom. The van der Waals surface area contributed by atoms with Crippen molar-refractivity contribution in [2.24, 2.45) is 0 Å². The third kappa shape index (κ3) is 3.53. The first kappa shape index (κ1) is 13.1. The molecule has 3 nitrogen and oxygen atoms in total. The molecule has 1 atom stereocenters. The Morgan fingerprint density at radius 3 is 3.06 bits per heavy atom. The summed E-state index contributed by atoms with van der Waals surface area (Å²) in [6.45, 7) is 1.89. The van der Waals surface area contributed by atoms with Crippen LogP contribution in [0, 0.1) is 0 Å². The van der Waals surface area contributed by atoms with Crippen molar-refractivity contribution in [1.29, 1.82) is 0 Å². The van der Waals surface area contributed by atoms with E-state index in [0.717, 1.165) is 30.4 Å². The molecule has 1 saturated heterocycles. The Bertz CT molecular complexity index is 394. The molecule has 2 heterocycles. The van der Waals surface area contributed by atoms with E-state index in [1.54, 1.807) is 11.3 Å². The molecule has 1 aliphatic heterocycles. The van der Waals surface area contributed by atoms with Crippen LogP contribution >= 0.6 is 27.3 Å². The van der Waals surface area contributed by atoms with Gasteiger partial charge in [-0.3, -0.25) is 9.69 Å². The number of carboxylic acids is 1. The maximum Gasteiger partial charge on any atom is 0.304 e. The molecule has 1 N–H and O–H groups in total. The Hall–Kier alpha value is -0.390. The number of rotatable bonds is 4. The minimum atomic E-state index is -0.688. The quantitative estimate of drug-likeness (QED) is 0.926. The normalized spacial score (nSPS) is 21.6. The zero-order valence-corrected chi connectivity index (χ0v) is 12.0. The van der Waals surface area contributed by atoms with Crippen LogP contribution < -0.4 is 0 Å². The molecule has 17 heavy (non-hydrogen) atoms. The van der Waals surface area contributed by atoms with Crippen LogP contribution in [0.3, 0.4) is 0 Å². The van der Waals surface area contributed by atoms with Gasteiger partial charge in [0.05, 0.1) is 6.42 Å². The molecule has 0 saturated carbocycles. The standard InChI is InChI=1S/C12H16BrNO2S/c13-10-4-6-17-11(10)8-14-5-2-1-3-9(14)7-12(15)16/h4,6,9H,1-3,5,7-8H2,(H,15,16). The van der Waals surface area contributed by atoms with Crippen LogP contribution in [0.1, 0.15) is 30.6 Å². The molecule has 5 heteroatoms. The fourth-order valence-corrected chi connectivity index (χ4v) is 3.83. The average molecular weight is 318 g/mol. The second-order valence-electron chi connectivity index (χ2n) is 4.41. The number of hydrogen-bond donors (Lipinski definition) is 1. The van der Waals surface area contributed by atoms with Crippen molar-refractivity contribution in [2.75, 3.05) is 6.54 Å². The van der Waals surface area contributed by atoms with Crippen molar-refractivity contribution in [3.05, 3.63) is 20.8 Å². The Morgan fingerprint density at radius 2 is 2.41 bits per heavy atom. The van der Waals surface area contributed by atoms with Gasteiger partial charge in [-0.2, -0.15) is 0 Å². The van der Waals surface area contributed by atoms with Crippen LogP contribution in [0.5, 0.6) is 0 Å². The molecule has 1 fully saturated rings. The smallest absolute Gasteiger partial charge is 0.304 e. The lowest BCUT2D eigenvalue weighted by Gasteiger charge is -2.34. The summed E-state index contributed by atoms with van der Waals surface area (Å²) in [6, 6.07) is 2.26. The van der Waals surface area contributed by atoms with Crippen molar-refractivity contribution in [2.45, 2.75) is 38.3 Å². The molecular formula is C12H16BrNO2S. The van der Waals surface area contributed by atoms with Gasteiger partial charge in [-0.05, 0) is 46.8 Å². The molecule has 1 aromatic rings. The maximum atomic E-state index is 10.8. The van der Waals surface area contributed by atoms with Crippen molar-refractivity contribution < 1.29 is 9.90 Å². The van der Waals surface area contributed by atoms with Gasteiger partial charge in [-0.15, -0.1) is 11.3 Å². The van der Waals surface area contributed by atoms with Gasteiger partial charge in [0.1, 0.15) is 0 Å². The highest BCUT2D eigenvalue weighted by Crippen LogP contribution is 2.28. The minimum absolute atomic E-state index is 0.204. The highest BCUT2D eigenvalue weighted by atomic mass is 79.9. The summed E-state index contributed by atoms with van der Waals surface area (Å²) in [5, 5.41) is 11.0. The predicted molar refractivity (Wildman–Crippen MR) is 72.3 cm³/mol. The topological polar surface area (TPSA) is 40.5 Å². The van der Waals surface area contributed by atoms with Crippen molar-refractivity contribution in [3.63, 3.8) is 0 Å². The molecule has 0 radical (unpaired) electrons. The lowest BCUT2D eigenvalue weighted by molar-refractivity contribution is -0.138. The van der Waals surface area contributed by atoms with E-state index in [2.05, 4.69) is 32.3 Å². The maximum absolute atomic E-state index is 10.8. The Labute approximate surface area is 114 Å². The third-order valence-electron chi connectivity index (χ3n) is 3.20. The molecule has 0 spiro atoms. The van der Waals surface area contributed by atoms with E-state index in [0.29, 0.717) is 0 Å². The number of aliphatic carboxylic acids is 1. The van der Waals surface area contributed by atoms with E-state index < -0.39 is 5.97 Å². The van der Waals surface area contributed by atoms with Gasteiger partial charge in [0, 0.05) is 21.9 Å². The average Bonchev–Trinajstić information content (AvgIpc) is 2.67. The monoisotopic (exact) mass is 317 g/mol. The minimum Gasteiger partial charge on any atom is -0.481 e. The second-order valence-corrected chi connectivity index (χ2v) is 6.26. The van der Waals surface area contributed by atoms with Crippen molar-refractivity contribution in [1.82, 2.24) is 4.90 Å². The van der Waals surface area contributed by atoms with Gasteiger partial charge >= 0.3 is 5.97 Å². The summed E-state index contributed by atoms with van der Waals surface area (Å²) in [5.74, 6) is -0.688. The fourth-order valence-electron chi connectivity index (χ4n) is 2.32. The van der Waals surface area contributed by atoms with Gasteiger partial charge in [0.25, 0.3) is 0 Å². The molecule has 1 unspecified atom stereocenters. The molecule has 0 amide bonds. The predicted octanol–water partition coefficient (Wildman–Crippen LogP) is 3.34. The zero-order valence-electron chi connectivity index (χ0n) is 9.56. The first-order chi connectivity index (χ1) is 8.16. The molecule has 1 aliphatic rings. The number of thiophene rings is 1. The molecule has 1 aromatic heterocycles. The van der Waals surface area contributed by atoms with E-state index in [1.165, 1.54) is 11.3 Å². The summed E-state index contributed by atoms with van der Waals surface area (Å²) < 4.78 is 1.14. The van der Waals surface area contributed by atoms with Crippen LogP contribution in [0.25, 0.3) is 0 Å². The van der Waals surface area contributed by atoms with Crippen molar-refractivity contribution in [3.8, 4) is 0 Å². The number of carboxylic acid groups (broad SMARTS) is 1. The van der Waals surface area contributed by atoms with E-state index in [4.69, 9.17) is 5.11 Å². The first-order valence-electron chi connectivity index (χ1n) is 5.84. The molecule has 2 rings (SSSR count). The summed E-state index contributed by atoms with van der Waals surface area (Å²) in [4.78, 5) is 14.5. The van der Waals surface area contributed by atoms with Gasteiger partial charge < -0.3 is 5.11 Å². The Balaban J connectivity index is 2.01. The highest BCUT2D eigenvalue weighted by Gasteiger charge is 2.25. The number of halogens is 1. The first-order valence-corrected chi connectivity index (χ1v) is 7.52. The van der Waals surface area contributed by atoms with E-state index in [1.807, 2.05) is 0 Å². The van der Waals surface area contributed by atoms with Crippen LogP contribution in [0.4, 0.5) is 0 Å². The molecule has 94 valence electrons. The second kappa shape index (κ2) is 5.98. The van der Waals surface area contributed by atoms with E-state index in [9.17, 15) is 4.79 Å². The molecular weight excluding hydrogens is 302 g/mol. The molecule has 0 aliphatic carbocycles. The number of nitrogens with zero attached hydrogens (tertiary/aromatic N) is 1. The third-order valence-corrected chi connectivity index (χ3v) is 5.11. The van der Waals surface area contributed by atoms with Crippen LogP contribution in [-0.4, -0.2) is 28.6 Å². The van der Waals surface area contributed by atoms with Gasteiger partial charge in [-0.1, -0.05) is 6.42 Å². The number of carbonyl (C=O) groups is 1. The summed E-state index contributed by atoms with van der Waals surface area (Å²) in [7, 11) is 0. The van der Waals surface area contributed by atoms with Crippen LogP contribution in [0.2, 0.25) is 0 Å². The summed E-state index contributed by atoms with van der Waals surface area (Å²) in [5.41, 5.74) is 0. The van der Waals surface area contributed by atoms with Crippen molar-refractivity contribution >= 4 is 33.2 Å². The van der Waals surface area contributed by atoms with Gasteiger partial charge in [-0.25, -0.2) is 0 Å². The lowest BCUT2D eigenvalue weighted by Crippen LogP contribution is -2.40. The number of piperidine rings is 1. The fraction of sp³-hybridized carbons (Fsp3) is 0.583. The van der Waals surface area contributed by atoms with Gasteiger partial charge in [0.15, 0.2) is 0 Å². The lowest BCUT2D eigenvalue weighted by atomic mass is 9.99.